The largest absolute Gasteiger partial charge is 0.467 e. The van der Waals surface area contributed by atoms with Crippen LogP contribution in [0.4, 0.5) is 5.69 Å². The Bertz CT molecular complexity index is 1060. The van der Waals surface area contributed by atoms with Crippen LogP contribution >= 0.6 is 0 Å². The minimum atomic E-state index is -3.77. The molecule has 0 N–H and O–H groups in total. The zero-order chi connectivity index (χ0) is 21.0. The number of benzene rings is 2. The quantitative estimate of drug-likeness (QED) is 0.593. The molecule has 2 aromatic carbocycles. The molecule has 0 saturated carbocycles. The summed E-state index contributed by atoms with van der Waals surface area (Å²) < 4.78 is 32.1. The number of hydrogen-bond acceptors (Lipinski definition) is 4. The van der Waals surface area contributed by atoms with Crippen molar-refractivity contribution in [3.8, 4) is 0 Å². The molecule has 29 heavy (non-hydrogen) atoms. The summed E-state index contributed by atoms with van der Waals surface area (Å²) in [7, 11) is -2.36. The summed E-state index contributed by atoms with van der Waals surface area (Å²) >= 11 is 0. The van der Waals surface area contributed by atoms with Gasteiger partial charge in [-0.05, 0) is 50.2 Å². The molecule has 0 aliphatic carbocycles. The fourth-order valence-corrected chi connectivity index (χ4v) is 3.98. The van der Waals surface area contributed by atoms with Gasteiger partial charge in [-0.25, -0.2) is 8.42 Å². The van der Waals surface area contributed by atoms with Crippen molar-refractivity contribution in [2.75, 3.05) is 18.5 Å². The summed E-state index contributed by atoms with van der Waals surface area (Å²) in [4.78, 5) is 14.8. The fourth-order valence-electron chi connectivity index (χ4n) is 2.86. The number of rotatable bonds is 7. The standard InChI is InChI=1S/C22H24N2O4S/c1-17-6-10-19(11-7-17)24(15-20-5-4-14-28-20)22(25)16-23(3)29(26,27)21-12-8-18(2)9-13-21/h4-14H,15-16H2,1-3H3. The highest BCUT2D eigenvalue weighted by Gasteiger charge is 2.26. The molecule has 0 fully saturated rings. The Balaban J connectivity index is 1.83. The summed E-state index contributed by atoms with van der Waals surface area (Å²) in [5.41, 5.74) is 2.71. The van der Waals surface area contributed by atoms with Gasteiger partial charge in [0, 0.05) is 12.7 Å². The lowest BCUT2D eigenvalue weighted by atomic mass is 10.2. The van der Waals surface area contributed by atoms with Crippen LogP contribution in [0.2, 0.25) is 0 Å². The predicted octanol–water partition coefficient (Wildman–Crippen LogP) is 3.75. The van der Waals surface area contributed by atoms with Gasteiger partial charge >= 0.3 is 0 Å². The maximum atomic E-state index is 13.1. The average molecular weight is 413 g/mol. The molecule has 3 rings (SSSR count). The van der Waals surface area contributed by atoms with Crippen molar-refractivity contribution in [2.24, 2.45) is 0 Å². The van der Waals surface area contributed by atoms with Crippen LogP contribution in [0.1, 0.15) is 16.9 Å². The van der Waals surface area contributed by atoms with E-state index in [9.17, 15) is 13.2 Å². The van der Waals surface area contributed by atoms with Crippen molar-refractivity contribution in [3.05, 3.63) is 83.8 Å². The average Bonchev–Trinajstić information content (AvgIpc) is 3.20. The van der Waals surface area contributed by atoms with E-state index in [4.69, 9.17) is 4.42 Å². The first kappa shape index (κ1) is 20.8. The second-order valence-corrected chi connectivity index (χ2v) is 9.01. The van der Waals surface area contributed by atoms with Gasteiger partial charge in [0.2, 0.25) is 15.9 Å². The number of likely N-dealkylation sites (N-methyl/N-ethyl adjacent to an activating group) is 1. The number of hydrogen-bond donors (Lipinski definition) is 0. The third-order valence-electron chi connectivity index (χ3n) is 4.63. The first-order chi connectivity index (χ1) is 13.8. The molecule has 0 aliphatic heterocycles. The number of furan rings is 1. The molecule has 6 nitrogen and oxygen atoms in total. The molecular formula is C22H24N2O4S. The summed E-state index contributed by atoms with van der Waals surface area (Å²) in [6.45, 7) is 3.78. The van der Waals surface area contributed by atoms with Crippen LogP contribution in [-0.4, -0.2) is 32.2 Å². The van der Waals surface area contributed by atoms with Crippen LogP contribution in [0.5, 0.6) is 0 Å². The van der Waals surface area contributed by atoms with Crippen molar-refractivity contribution in [1.29, 1.82) is 0 Å². The SMILES string of the molecule is Cc1ccc(N(Cc2ccco2)C(=O)CN(C)S(=O)(=O)c2ccc(C)cc2)cc1. The minimum Gasteiger partial charge on any atom is -0.467 e. The number of carbonyl (C=O) groups excluding carboxylic acids is 1. The van der Waals surface area contributed by atoms with E-state index in [-0.39, 0.29) is 23.9 Å². The van der Waals surface area contributed by atoms with E-state index in [1.165, 1.54) is 11.9 Å². The Kier molecular flexibility index (Phi) is 6.20. The first-order valence-electron chi connectivity index (χ1n) is 9.20. The van der Waals surface area contributed by atoms with Gasteiger partial charge in [0.1, 0.15) is 5.76 Å². The van der Waals surface area contributed by atoms with Crippen LogP contribution in [0, 0.1) is 13.8 Å². The number of amides is 1. The lowest BCUT2D eigenvalue weighted by molar-refractivity contribution is -0.118. The van der Waals surface area contributed by atoms with Crippen LogP contribution in [0.25, 0.3) is 0 Å². The predicted molar refractivity (Wildman–Crippen MR) is 112 cm³/mol. The van der Waals surface area contributed by atoms with E-state index in [2.05, 4.69) is 0 Å². The molecule has 0 radical (unpaired) electrons. The van der Waals surface area contributed by atoms with Gasteiger partial charge in [0.25, 0.3) is 0 Å². The van der Waals surface area contributed by atoms with Crippen molar-refractivity contribution < 1.29 is 17.6 Å². The Morgan fingerprint density at radius 2 is 1.52 bits per heavy atom. The van der Waals surface area contributed by atoms with Gasteiger partial charge in [-0.2, -0.15) is 4.31 Å². The highest BCUT2D eigenvalue weighted by atomic mass is 32.2. The van der Waals surface area contributed by atoms with E-state index >= 15 is 0 Å². The molecule has 0 atom stereocenters. The van der Waals surface area contributed by atoms with E-state index in [1.54, 1.807) is 42.7 Å². The van der Waals surface area contributed by atoms with Crippen LogP contribution in [-0.2, 0) is 21.4 Å². The van der Waals surface area contributed by atoms with Crippen molar-refractivity contribution in [1.82, 2.24) is 4.31 Å². The number of aryl methyl sites for hydroxylation is 2. The molecule has 0 saturated heterocycles. The molecule has 0 unspecified atom stereocenters. The highest BCUT2D eigenvalue weighted by molar-refractivity contribution is 7.89. The maximum absolute atomic E-state index is 13.1. The van der Waals surface area contributed by atoms with Gasteiger partial charge in [0.05, 0.1) is 24.2 Å². The van der Waals surface area contributed by atoms with E-state index in [1.807, 2.05) is 38.1 Å². The number of anilines is 1. The van der Waals surface area contributed by atoms with Crippen LogP contribution < -0.4 is 4.90 Å². The third-order valence-corrected chi connectivity index (χ3v) is 6.45. The first-order valence-corrected chi connectivity index (χ1v) is 10.6. The Morgan fingerprint density at radius 3 is 2.07 bits per heavy atom. The summed E-state index contributed by atoms with van der Waals surface area (Å²) in [5, 5.41) is 0. The Morgan fingerprint density at radius 1 is 0.931 bits per heavy atom. The Hall–Kier alpha value is -2.90. The maximum Gasteiger partial charge on any atom is 0.243 e. The second-order valence-electron chi connectivity index (χ2n) is 6.97. The molecule has 1 heterocycles. The van der Waals surface area contributed by atoms with Crippen LogP contribution in [0.3, 0.4) is 0 Å². The van der Waals surface area contributed by atoms with E-state index in [0.717, 1.165) is 15.4 Å². The summed E-state index contributed by atoms with van der Waals surface area (Å²) in [6, 6.07) is 17.6. The zero-order valence-electron chi connectivity index (χ0n) is 16.7. The molecule has 0 aliphatic rings. The van der Waals surface area contributed by atoms with E-state index < -0.39 is 10.0 Å². The van der Waals surface area contributed by atoms with Gasteiger partial charge in [-0.3, -0.25) is 4.79 Å². The Labute approximate surface area is 171 Å². The van der Waals surface area contributed by atoms with Gasteiger partial charge < -0.3 is 9.32 Å². The fraction of sp³-hybridized carbons (Fsp3) is 0.227. The lowest BCUT2D eigenvalue weighted by Gasteiger charge is -2.25. The zero-order valence-corrected chi connectivity index (χ0v) is 17.5. The van der Waals surface area contributed by atoms with Gasteiger partial charge in [-0.15, -0.1) is 0 Å². The highest BCUT2D eigenvalue weighted by Crippen LogP contribution is 2.20. The van der Waals surface area contributed by atoms with Gasteiger partial charge in [0.15, 0.2) is 0 Å². The molecule has 0 spiro atoms. The van der Waals surface area contributed by atoms with Crippen molar-refractivity contribution in [3.63, 3.8) is 0 Å². The second kappa shape index (κ2) is 8.63. The molecule has 0 bridgehead atoms. The molecule has 1 aromatic heterocycles. The normalized spacial score (nSPS) is 11.6. The minimum absolute atomic E-state index is 0.159. The monoisotopic (exact) mass is 412 g/mol. The number of carbonyl (C=O) groups is 1. The molecule has 1 amide bonds. The number of sulfonamides is 1. The van der Waals surface area contributed by atoms with Crippen molar-refractivity contribution in [2.45, 2.75) is 25.3 Å². The molecular weight excluding hydrogens is 388 g/mol. The summed E-state index contributed by atoms with van der Waals surface area (Å²) in [5.74, 6) is 0.270. The van der Waals surface area contributed by atoms with Crippen LogP contribution in [0.15, 0.2) is 76.2 Å². The third kappa shape index (κ3) is 4.93. The molecule has 7 heteroatoms. The lowest BCUT2D eigenvalue weighted by Crippen LogP contribution is -2.41. The molecule has 152 valence electrons. The van der Waals surface area contributed by atoms with Gasteiger partial charge in [-0.1, -0.05) is 35.4 Å². The molecule has 3 aromatic rings. The smallest absolute Gasteiger partial charge is 0.243 e. The van der Waals surface area contributed by atoms with Crippen molar-refractivity contribution >= 4 is 21.6 Å². The number of nitrogens with zero attached hydrogens (tertiary/aromatic N) is 2. The van der Waals surface area contributed by atoms with E-state index in [0.29, 0.717) is 11.4 Å². The summed E-state index contributed by atoms with van der Waals surface area (Å²) in [6.07, 6.45) is 1.54. The topological polar surface area (TPSA) is 70.8 Å².